The maximum atomic E-state index is 6.69. The summed E-state index contributed by atoms with van der Waals surface area (Å²) in [5.41, 5.74) is 13.1. The number of anilines is 4. The molecule has 0 amide bonds. The molecule has 1 aliphatic rings. The van der Waals surface area contributed by atoms with E-state index in [1.165, 1.54) is 33.4 Å². The monoisotopic (exact) mass is 1030 g/mol. The van der Waals surface area contributed by atoms with Crippen molar-refractivity contribution in [1.29, 1.82) is 0 Å². The van der Waals surface area contributed by atoms with Crippen molar-refractivity contribution in [3.63, 3.8) is 0 Å². The molecule has 7 aromatic carbocycles. The Kier molecular flexibility index (Phi) is 11.4. The number of rotatable bonds is 8. The van der Waals surface area contributed by atoms with Crippen LogP contribution in [0.5, 0.6) is 11.5 Å². The molecule has 10 rings (SSSR count). The number of pyridine rings is 1. The van der Waals surface area contributed by atoms with E-state index in [2.05, 4.69) is 234 Å². The molecular formula is C59H53N4OPt-3. The zero-order valence-electron chi connectivity index (χ0n) is 38.3. The van der Waals surface area contributed by atoms with Crippen LogP contribution in [0.1, 0.15) is 77.6 Å². The normalized spacial score (nSPS) is 13.0. The maximum Gasteiger partial charge on any atom is 0.135 e. The Balaban J connectivity index is 0.00000533. The van der Waals surface area contributed by atoms with Gasteiger partial charge in [-0.05, 0) is 92.1 Å². The van der Waals surface area contributed by atoms with Crippen molar-refractivity contribution in [2.75, 3.05) is 9.80 Å². The summed E-state index contributed by atoms with van der Waals surface area (Å²) < 4.78 is 8.89. The molecule has 0 unspecified atom stereocenters. The Hall–Kier alpha value is -6.42. The molecule has 0 fully saturated rings. The average molecular weight is 1030 g/mol. The van der Waals surface area contributed by atoms with Gasteiger partial charge < -0.3 is 19.1 Å². The first kappa shape index (κ1) is 43.8. The topological polar surface area (TPSA) is 33.5 Å². The number of para-hydroxylation sites is 1. The Labute approximate surface area is 398 Å². The van der Waals surface area contributed by atoms with Gasteiger partial charge in [-0.25, -0.2) is 4.98 Å². The van der Waals surface area contributed by atoms with Crippen LogP contribution in [0, 0.1) is 18.8 Å². The van der Waals surface area contributed by atoms with Gasteiger partial charge in [-0.2, -0.15) is 12.1 Å². The van der Waals surface area contributed by atoms with E-state index in [-0.39, 0.29) is 37.3 Å². The second-order valence-corrected chi connectivity index (χ2v) is 19.5. The van der Waals surface area contributed by atoms with Crippen molar-refractivity contribution >= 4 is 44.6 Å². The van der Waals surface area contributed by atoms with Crippen LogP contribution in [0.3, 0.4) is 0 Å². The van der Waals surface area contributed by atoms with Crippen LogP contribution in [0.4, 0.5) is 22.7 Å². The predicted molar refractivity (Wildman–Crippen MR) is 266 cm³/mol. The number of aromatic nitrogens is 2. The summed E-state index contributed by atoms with van der Waals surface area (Å²) in [7, 11) is 0. The van der Waals surface area contributed by atoms with Gasteiger partial charge in [-0.15, -0.1) is 48.1 Å². The molecule has 5 nitrogen and oxygen atoms in total. The van der Waals surface area contributed by atoms with Crippen LogP contribution in [0.15, 0.2) is 170 Å². The molecule has 3 heterocycles. The van der Waals surface area contributed by atoms with Crippen molar-refractivity contribution in [3.8, 4) is 28.4 Å². The largest absolute Gasteiger partial charge is 0.509 e. The average Bonchev–Trinajstić information content (AvgIpc) is 3.85. The standard InChI is InChI=1S/C59H53N4O.Pt/c1-57(2,3)43-26-29-53-55(35-43)61(39-62(53)47-33-41(40-18-11-9-12-19-40)32-45(34-47)59(7,8)42-20-13-10-14-21-42)46-22-17-23-48(37-46)64-49-27-28-51-50-24-15-16-25-52(50)63(54(51)38-49)56-36-44(30-31-60-56)58(4,5)6;/h9-36,39H,1-8H3;/q-3;. The molecule has 0 saturated carbocycles. The van der Waals surface area contributed by atoms with E-state index in [0.717, 1.165) is 50.4 Å². The Morgan fingerprint density at radius 3 is 1.95 bits per heavy atom. The first-order valence-electron chi connectivity index (χ1n) is 22.2. The Morgan fingerprint density at radius 2 is 1.20 bits per heavy atom. The molecule has 0 N–H and O–H groups in total. The van der Waals surface area contributed by atoms with Crippen LogP contribution >= 0.6 is 0 Å². The summed E-state index contributed by atoms with van der Waals surface area (Å²) in [5, 5.41) is 2.23. The van der Waals surface area contributed by atoms with E-state index in [9.17, 15) is 0 Å². The van der Waals surface area contributed by atoms with Gasteiger partial charge in [0.15, 0.2) is 0 Å². The zero-order chi connectivity index (χ0) is 44.4. The molecule has 0 spiro atoms. The van der Waals surface area contributed by atoms with Gasteiger partial charge in [-0.1, -0.05) is 152 Å². The number of hydrogen-bond donors (Lipinski definition) is 0. The number of nitrogens with zero attached hydrogens (tertiary/aromatic N) is 4. The number of benzene rings is 7. The van der Waals surface area contributed by atoms with E-state index in [1.807, 2.05) is 24.4 Å². The minimum absolute atomic E-state index is 0. The third kappa shape index (κ3) is 8.28. The van der Waals surface area contributed by atoms with Crippen LogP contribution in [0.25, 0.3) is 38.8 Å². The van der Waals surface area contributed by atoms with Crippen molar-refractivity contribution in [3.05, 3.63) is 211 Å². The number of hydrogen-bond acceptors (Lipinski definition) is 4. The molecule has 1 aliphatic heterocycles. The van der Waals surface area contributed by atoms with Gasteiger partial charge in [0.2, 0.25) is 0 Å². The fourth-order valence-electron chi connectivity index (χ4n) is 8.89. The Morgan fingerprint density at radius 1 is 0.508 bits per heavy atom. The second kappa shape index (κ2) is 16.9. The minimum Gasteiger partial charge on any atom is -0.509 e. The van der Waals surface area contributed by atoms with Gasteiger partial charge in [0.1, 0.15) is 5.82 Å². The van der Waals surface area contributed by atoms with Crippen LogP contribution < -0.4 is 14.5 Å². The van der Waals surface area contributed by atoms with E-state index < -0.39 is 0 Å². The van der Waals surface area contributed by atoms with E-state index >= 15 is 0 Å². The SMILES string of the molecule is CC(C)(C)c1ccnc(-n2c3[c-]c(Oc4[c-]c(N5[CH-]N(c6cc(-c7ccccc7)cc(C(C)(C)c7ccccc7)c6)c6ccc(C(C)(C)C)cc65)ccc4)ccc3c3ccccc32)c1.[Pt]. The summed E-state index contributed by atoms with van der Waals surface area (Å²) in [4.78, 5) is 9.43. The van der Waals surface area contributed by atoms with Crippen LogP contribution in [-0.4, -0.2) is 9.55 Å². The van der Waals surface area contributed by atoms with Gasteiger partial charge in [0, 0.05) is 66.8 Å². The molecule has 65 heavy (non-hydrogen) atoms. The fourth-order valence-corrected chi connectivity index (χ4v) is 8.89. The molecule has 0 radical (unpaired) electrons. The Bertz CT molecular complexity index is 3180. The van der Waals surface area contributed by atoms with Crippen molar-refractivity contribution < 1.29 is 25.8 Å². The molecule has 328 valence electrons. The number of fused-ring (bicyclic) bond motifs is 4. The summed E-state index contributed by atoms with van der Waals surface area (Å²) >= 11 is 0. The van der Waals surface area contributed by atoms with Gasteiger partial charge >= 0.3 is 0 Å². The summed E-state index contributed by atoms with van der Waals surface area (Å²) in [6.45, 7) is 20.3. The maximum absolute atomic E-state index is 6.69. The molecular weight excluding hydrogens is 976 g/mol. The van der Waals surface area contributed by atoms with Gasteiger partial charge in [0.25, 0.3) is 0 Å². The molecule has 6 heteroatoms. The van der Waals surface area contributed by atoms with Crippen LogP contribution in [0.2, 0.25) is 0 Å². The van der Waals surface area contributed by atoms with E-state index in [0.29, 0.717) is 11.5 Å². The summed E-state index contributed by atoms with van der Waals surface area (Å²) in [5.74, 6) is 2.06. The third-order valence-corrected chi connectivity index (χ3v) is 12.7. The molecule has 0 atom stereocenters. The van der Waals surface area contributed by atoms with E-state index in [4.69, 9.17) is 9.72 Å². The quantitative estimate of drug-likeness (QED) is 0.142. The molecule has 0 aliphatic carbocycles. The van der Waals surface area contributed by atoms with Crippen molar-refractivity contribution in [2.24, 2.45) is 0 Å². The first-order valence-corrected chi connectivity index (χ1v) is 22.2. The number of ether oxygens (including phenoxy) is 1. The third-order valence-electron chi connectivity index (χ3n) is 12.7. The smallest absolute Gasteiger partial charge is 0.135 e. The van der Waals surface area contributed by atoms with Gasteiger partial charge in [-0.3, -0.25) is 0 Å². The molecule has 9 aromatic rings. The molecule has 0 saturated heterocycles. The second-order valence-electron chi connectivity index (χ2n) is 19.5. The van der Waals surface area contributed by atoms with Crippen molar-refractivity contribution in [2.45, 2.75) is 71.6 Å². The minimum atomic E-state index is -0.250. The fraction of sp³-hybridized carbons (Fsp3) is 0.186. The first-order chi connectivity index (χ1) is 30.7. The predicted octanol–water partition coefficient (Wildman–Crippen LogP) is 15.6. The van der Waals surface area contributed by atoms with Crippen LogP contribution in [-0.2, 0) is 37.3 Å². The summed E-state index contributed by atoms with van der Waals surface area (Å²) in [6.07, 6.45) is 1.90. The summed E-state index contributed by atoms with van der Waals surface area (Å²) in [6, 6.07) is 65.6. The van der Waals surface area contributed by atoms with Crippen molar-refractivity contribution in [1.82, 2.24) is 9.55 Å². The van der Waals surface area contributed by atoms with Gasteiger partial charge in [0.05, 0.1) is 0 Å². The molecule has 0 bridgehead atoms. The zero-order valence-corrected chi connectivity index (χ0v) is 40.5. The van der Waals surface area contributed by atoms with E-state index in [1.54, 1.807) is 0 Å². The molecule has 2 aromatic heterocycles.